The first-order valence-electron chi connectivity index (χ1n) is 10.3. The molecule has 2 aromatic carbocycles. The van der Waals surface area contributed by atoms with Crippen LogP contribution in [0.15, 0.2) is 47.6 Å². The van der Waals surface area contributed by atoms with E-state index in [1.54, 1.807) is 6.07 Å². The number of oxime groups is 1. The molecule has 2 heterocycles. The molecule has 0 aromatic heterocycles. The Morgan fingerprint density at radius 2 is 2.00 bits per heavy atom. The molecule has 2 bridgehead atoms. The lowest BCUT2D eigenvalue weighted by Gasteiger charge is -2.62. The molecule has 150 valence electrons. The number of piperidine rings is 1. The number of hydrogen-bond donors (Lipinski definition) is 2. The number of nitrogens with zero attached hydrogens (tertiary/aromatic N) is 2. The van der Waals surface area contributed by atoms with E-state index >= 15 is 0 Å². The van der Waals surface area contributed by atoms with E-state index in [0.29, 0.717) is 24.3 Å². The highest BCUT2D eigenvalue weighted by Crippen LogP contribution is 2.64. The Balaban J connectivity index is 1.51. The summed E-state index contributed by atoms with van der Waals surface area (Å²) >= 11 is 0. The molecule has 2 fully saturated rings. The molecule has 0 amide bonds. The lowest BCUT2D eigenvalue weighted by Crippen LogP contribution is -2.76. The van der Waals surface area contributed by atoms with Gasteiger partial charge in [-0.2, -0.15) is 0 Å². The maximum atomic E-state index is 12.1. The van der Waals surface area contributed by atoms with Crippen molar-refractivity contribution in [2.75, 3.05) is 13.6 Å². The topological polar surface area (TPSA) is 74.5 Å². The number of phenolic OH excluding ortho intramolecular Hbond substituents is 1. The van der Waals surface area contributed by atoms with Gasteiger partial charge in [-0.25, -0.2) is 0 Å². The van der Waals surface area contributed by atoms with E-state index in [4.69, 9.17) is 9.57 Å². The van der Waals surface area contributed by atoms with E-state index < -0.39 is 17.1 Å². The highest BCUT2D eigenvalue weighted by Gasteiger charge is 2.72. The molecular formula is C23H24N2O4. The van der Waals surface area contributed by atoms with Crippen LogP contribution in [0.4, 0.5) is 0 Å². The number of rotatable bonds is 2. The summed E-state index contributed by atoms with van der Waals surface area (Å²) in [6.45, 7) is 0.869. The monoisotopic (exact) mass is 392 g/mol. The van der Waals surface area contributed by atoms with Gasteiger partial charge in [0.15, 0.2) is 23.4 Å². The van der Waals surface area contributed by atoms with Gasteiger partial charge in [0.1, 0.15) is 0 Å². The summed E-state index contributed by atoms with van der Waals surface area (Å²) in [7, 11) is 2.09. The number of ether oxygens (including phenoxy) is 1. The fourth-order valence-electron chi connectivity index (χ4n) is 6.24. The van der Waals surface area contributed by atoms with Gasteiger partial charge in [-0.05, 0) is 63.0 Å². The molecule has 2 N–H and O–H groups in total. The Morgan fingerprint density at radius 1 is 1.17 bits per heavy atom. The van der Waals surface area contributed by atoms with Gasteiger partial charge >= 0.3 is 0 Å². The van der Waals surface area contributed by atoms with Crippen LogP contribution in [0.25, 0.3) is 0 Å². The Kier molecular flexibility index (Phi) is 3.42. The molecule has 0 radical (unpaired) electrons. The van der Waals surface area contributed by atoms with E-state index in [2.05, 4.69) is 17.1 Å². The maximum absolute atomic E-state index is 12.1. The molecule has 4 atom stereocenters. The van der Waals surface area contributed by atoms with Gasteiger partial charge in [-0.1, -0.05) is 29.4 Å². The van der Waals surface area contributed by atoms with Crippen molar-refractivity contribution in [3.8, 4) is 17.2 Å². The number of likely N-dealkylation sites (tertiary alicyclic amines) is 1. The van der Waals surface area contributed by atoms with Crippen LogP contribution in [0.3, 0.4) is 0 Å². The minimum Gasteiger partial charge on any atom is -0.504 e. The first-order valence-corrected chi connectivity index (χ1v) is 10.3. The van der Waals surface area contributed by atoms with Gasteiger partial charge < -0.3 is 24.7 Å². The van der Waals surface area contributed by atoms with Crippen LogP contribution in [-0.4, -0.2) is 52.2 Å². The van der Waals surface area contributed by atoms with Gasteiger partial charge in [0.05, 0.1) is 16.7 Å². The largest absolute Gasteiger partial charge is 0.504 e. The Labute approximate surface area is 169 Å². The third-order valence-electron chi connectivity index (χ3n) is 7.56. The standard InChI is InChI=1S/C23H24N2O4/c1-25-12-11-22-19-14-7-8-17(26)20(19)28-21(22)16(9-10-23(22,27)18(25)13-14)24-29-15-5-3-2-4-6-15/h2-8,18,21,26-27H,9-13H2,1H3/t18-,21+,22+,23?/m1/s1. The zero-order valence-corrected chi connectivity index (χ0v) is 16.3. The lowest BCUT2D eigenvalue weighted by atomic mass is 9.49. The van der Waals surface area contributed by atoms with E-state index in [9.17, 15) is 10.2 Å². The number of likely N-dealkylation sites (N-methyl/N-ethyl adjacent to an activating group) is 1. The SMILES string of the molecule is CN1CC[C@]23c4c5ccc(O)c4O[C@H]2C(=NOc2ccccc2)CCC3(O)[C@H]1C5. The number of hydrogen-bond acceptors (Lipinski definition) is 6. The molecule has 2 aliphatic heterocycles. The zero-order valence-electron chi connectivity index (χ0n) is 16.3. The molecule has 6 heteroatoms. The summed E-state index contributed by atoms with van der Waals surface area (Å²) in [5.41, 5.74) is 1.43. The zero-order chi connectivity index (χ0) is 19.8. The van der Waals surface area contributed by atoms with Gasteiger partial charge in [0, 0.05) is 11.6 Å². The minimum absolute atomic E-state index is 0.0296. The number of aliphatic hydroxyl groups is 1. The van der Waals surface area contributed by atoms with Crippen molar-refractivity contribution in [1.29, 1.82) is 0 Å². The number of phenols is 1. The summed E-state index contributed by atoms with van der Waals surface area (Å²) in [5.74, 6) is 1.32. The molecule has 1 unspecified atom stereocenters. The first kappa shape index (κ1) is 17.3. The van der Waals surface area contributed by atoms with Crippen LogP contribution in [-0.2, 0) is 11.8 Å². The summed E-state index contributed by atoms with van der Waals surface area (Å²) in [6, 6.07) is 13.2. The van der Waals surface area contributed by atoms with Crippen molar-refractivity contribution in [2.45, 2.75) is 48.8 Å². The summed E-state index contributed by atoms with van der Waals surface area (Å²) in [5, 5.41) is 27.1. The second kappa shape index (κ2) is 5.74. The molecule has 4 aliphatic rings. The molecule has 6 rings (SSSR count). The molecular weight excluding hydrogens is 368 g/mol. The van der Waals surface area contributed by atoms with Gasteiger partial charge in [0.2, 0.25) is 0 Å². The lowest BCUT2D eigenvalue weighted by molar-refractivity contribution is -0.161. The van der Waals surface area contributed by atoms with Crippen molar-refractivity contribution >= 4 is 5.71 Å². The van der Waals surface area contributed by atoms with Crippen LogP contribution >= 0.6 is 0 Å². The minimum atomic E-state index is -0.914. The van der Waals surface area contributed by atoms with Crippen molar-refractivity contribution in [2.24, 2.45) is 5.16 Å². The Bertz CT molecular complexity index is 1020. The number of para-hydroxylation sites is 1. The summed E-state index contributed by atoms with van der Waals surface area (Å²) < 4.78 is 6.37. The Hall–Kier alpha value is -2.57. The predicted molar refractivity (Wildman–Crippen MR) is 108 cm³/mol. The highest BCUT2D eigenvalue weighted by molar-refractivity contribution is 5.94. The average molecular weight is 392 g/mol. The summed E-state index contributed by atoms with van der Waals surface area (Å²) in [6.07, 6.45) is 2.30. The third kappa shape index (κ3) is 2.05. The van der Waals surface area contributed by atoms with Crippen LogP contribution in [0, 0.1) is 0 Å². The average Bonchev–Trinajstić information content (AvgIpc) is 3.08. The molecule has 2 aliphatic carbocycles. The first-order chi connectivity index (χ1) is 14.0. The van der Waals surface area contributed by atoms with Crippen molar-refractivity contribution in [1.82, 2.24) is 4.90 Å². The molecule has 1 spiro atoms. The third-order valence-corrected chi connectivity index (χ3v) is 7.56. The van der Waals surface area contributed by atoms with E-state index in [0.717, 1.165) is 36.2 Å². The van der Waals surface area contributed by atoms with Crippen LogP contribution in [0.2, 0.25) is 0 Å². The molecule has 29 heavy (non-hydrogen) atoms. The fraction of sp³-hybridized carbons (Fsp3) is 0.435. The molecule has 6 nitrogen and oxygen atoms in total. The molecule has 1 saturated carbocycles. The smallest absolute Gasteiger partial charge is 0.166 e. The molecule has 2 aromatic rings. The predicted octanol–water partition coefficient (Wildman–Crippen LogP) is 2.61. The maximum Gasteiger partial charge on any atom is 0.166 e. The van der Waals surface area contributed by atoms with Gasteiger partial charge in [0.25, 0.3) is 0 Å². The Morgan fingerprint density at radius 3 is 2.83 bits per heavy atom. The second-order valence-electron chi connectivity index (χ2n) is 8.78. The van der Waals surface area contributed by atoms with E-state index in [-0.39, 0.29) is 11.8 Å². The fourth-order valence-corrected chi connectivity index (χ4v) is 6.24. The van der Waals surface area contributed by atoms with Crippen molar-refractivity contribution in [3.05, 3.63) is 53.6 Å². The van der Waals surface area contributed by atoms with Gasteiger partial charge in [-0.3, -0.25) is 0 Å². The van der Waals surface area contributed by atoms with Gasteiger partial charge in [-0.15, -0.1) is 0 Å². The van der Waals surface area contributed by atoms with Crippen molar-refractivity contribution in [3.63, 3.8) is 0 Å². The van der Waals surface area contributed by atoms with Crippen molar-refractivity contribution < 1.29 is 19.8 Å². The quantitative estimate of drug-likeness (QED) is 0.769. The highest BCUT2D eigenvalue weighted by atomic mass is 16.6. The second-order valence-corrected chi connectivity index (χ2v) is 8.78. The normalized spacial score (nSPS) is 35.9. The van der Waals surface area contributed by atoms with E-state index in [1.165, 1.54) is 0 Å². The van der Waals surface area contributed by atoms with E-state index in [1.807, 2.05) is 36.4 Å². The molecule has 1 saturated heterocycles. The van der Waals surface area contributed by atoms with Crippen LogP contribution in [0.1, 0.15) is 30.4 Å². The summed E-state index contributed by atoms with van der Waals surface area (Å²) in [4.78, 5) is 7.98. The van der Waals surface area contributed by atoms with Crippen LogP contribution in [0.5, 0.6) is 17.2 Å². The number of benzene rings is 2. The number of aromatic hydroxyl groups is 1. The van der Waals surface area contributed by atoms with Crippen LogP contribution < -0.4 is 9.57 Å².